The highest BCUT2D eigenvalue weighted by Crippen LogP contribution is 2.27. The third-order valence-electron chi connectivity index (χ3n) is 3.38. The first-order valence-electron chi connectivity index (χ1n) is 7.25. The van der Waals surface area contributed by atoms with E-state index in [-0.39, 0.29) is 5.91 Å². The van der Waals surface area contributed by atoms with Gasteiger partial charge < -0.3 is 4.74 Å². The van der Waals surface area contributed by atoms with Crippen LogP contribution in [0.5, 0.6) is 5.75 Å². The number of fused-ring (bicyclic) bond motifs is 1. The van der Waals surface area contributed by atoms with Gasteiger partial charge in [-0.05, 0) is 48.9 Å². The number of carbonyl (C=O) groups is 1. The molecule has 4 nitrogen and oxygen atoms in total. The van der Waals surface area contributed by atoms with Crippen molar-refractivity contribution in [3.05, 3.63) is 58.1 Å². The van der Waals surface area contributed by atoms with E-state index in [1.807, 2.05) is 37.3 Å². The summed E-state index contributed by atoms with van der Waals surface area (Å²) in [5, 5.41) is 3.39. The lowest BCUT2D eigenvalue weighted by molar-refractivity contribution is -0.111. The minimum atomic E-state index is -0.229. The maximum absolute atomic E-state index is 12.1. The molecule has 1 aromatic heterocycles. The lowest BCUT2D eigenvalue weighted by atomic mass is 10.2. The Hall–Kier alpha value is -2.18. The number of methoxy groups -OCH3 is 1. The Bertz CT molecular complexity index is 934. The first-order chi connectivity index (χ1) is 11.5. The zero-order valence-electron chi connectivity index (χ0n) is 13.2. The molecule has 0 fully saturated rings. The zero-order valence-corrected chi connectivity index (χ0v) is 15.6. The maximum atomic E-state index is 12.1. The van der Waals surface area contributed by atoms with Gasteiger partial charge in [0.05, 0.1) is 17.3 Å². The van der Waals surface area contributed by atoms with Crippen molar-refractivity contribution in [1.82, 2.24) is 4.98 Å². The normalized spacial score (nSPS) is 11.1. The van der Waals surface area contributed by atoms with Crippen LogP contribution in [0.4, 0.5) is 5.13 Å². The molecule has 0 atom stereocenters. The third-order valence-corrected chi connectivity index (χ3v) is 4.81. The van der Waals surface area contributed by atoms with Crippen LogP contribution < -0.4 is 10.1 Å². The predicted molar refractivity (Wildman–Crippen MR) is 103 cm³/mol. The number of rotatable bonds is 4. The Balaban J connectivity index is 1.76. The smallest absolute Gasteiger partial charge is 0.250 e. The summed E-state index contributed by atoms with van der Waals surface area (Å²) in [4.78, 5) is 16.5. The Morgan fingerprint density at radius 3 is 2.92 bits per heavy atom. The van der Waals surface area contributed by atoms with Crippen molar-refractivity contribution >= 4 is 54.6 Å². The van der Waals surface area contributed by atoms with Crippen LogP contribution in [0.3, 0.4) is 0 Å². The maximum Gasteiger partial charge on any atom is 0.250 e. The van der Waals surface area contributed by atoms with Crippen molar-refractivity contribution < 1.29 is 9.53 Å². The number of ether oxygens (including phenoxy) is 1. The molecule has 0 saturated carbocycles. The summed E-state index contributed by atoms with van der Waals surface area (Å²) >= 11 is 4.88. The predicted octanol–water partition coefficient (Wildman–Crippen LogP) is 5.03. The quantitative estimate of drug-likeness (QED) is 0.622. The second-order valence-corrected chi connectivity index (χ2v) is 7.15. The van der Waals surface area contributed by atoms with E-state index < -0.39 is 0 Å². The molecule has 1 amide bonds. The molecule has 0 saturated heterocycles. The highest BCUT2D eigenvalue weighted by atomic mass is 79.9. The summed E-state index contributed by atoms with van der Waals surface area (Å²) in [6, 6.07) is 11.6. The van der Waals surface area contributed by atoms with Crippen LogP contribution in [0.2, 0.25) is 0 Å². The van der Waals surface area contributed by atoms with Crippen LogP contribution in [0.1, 0.15) is 11.1 Å². The van der Waals surface area contributed by atoms with E-state index in [1.165, 1.54) is 23.0 Å². The monoisotopic (exact) mass is 402 g/mol. The number of hydrogen-bond acceptors (Lipinski definition) is 4. The molecule has 1 heterocycles. The number of thiazole rings is 1. The Labute approximate surface area is 152 Å². The number of aryl methyl sites for hydroxylation is 1. The first kappa shape index (κ1) is 16.7. The topological polar surface area (TPSA) is 51.2 Å². The number of halogens is 1. The molecule has 1 N–H and O–H groups in total. The Kier molecular flexibility index (Phi) is 4.97. The molecule has 6 heteroatoms. The molecule has 0 bridgehead atoms. The summed E-state index contributed by atoms with van der Waals surface area (Å²) in [7, 11) is 1.60. The third kappa shape index (κ3) is 3.83. The molecule has 0 unspecified atom stereocenters. The second kappa shape index (κ2) is 7.15. The van der Waals surface area contributed by atoms with Gasteiger partial charge in [0.1, 0.15) is 5.75 Å². The van der Waals surface area contributed by atoms with Gasteiger partial charge in [-0.1, -0.05) is 33.3 Å². The molecule has 0 spiro atoms. The number of carbonyl (C=O) groups excluding carboxylic acids is 1. The highest BCUT2D eigenvalue weighted by Gasteiger charge is 2.07. The molecule has 24 heavy (non-hydrogen) atoms. The van der Waals surface area contributed by atoms with Crippen molar-refractivity contribution in [2.24, 2.45) is 0 Å². The van der Waals surface area contributed by atoms with E-state index in [9.17, 15) is 4.79 Å². The fraction of sp³-hybridized carbons (Fsp3) is 0.111. The molecule has 3 rings (SSSR count). The van der Waals surface area contributed by atoms with E-state index >= 15 is 0 Å². The minimum absolute atomic E-state index is 0.229. The van der Waals surface area contributed by atoms with Crippen molar-refractivity contribution in [1.29, 1.82) is 0 Å². The number of anilines is 1. The van der Waals surface area contributed by atoms with Crippen molar-refractivity contribution in [3.8, 4) is 5.75 Å². The van der Waals surface area contributed by atoms with Crippen LogP contribution in [0.25, 0.3) is 16.3 Å². The molecule has 0 aliphatic rings. The average molecular weight is 403 g/mol. The summed E-state index contributed by atoms with van der Waals surface area (Å²) in [5.74, 6) is 0.477. The lowest BCUT2D eigenvalue weighted by Gasteiger charge is -2.04. The lowest BCUT2D eigenvalue weighted by Crippen LogP contribution is -2.07. The molecule has 3 aromatic rings. The highest BCUT2D eigenvalue weighted by molar-refractivity contribution is 9.10. The summed E-state index contributed by atoms with van der Waals surface area (Å²) in [6.07, 6.45) is 3.19. The van der Waals surface area contributed by atoms with Crippen LogP contribution in [0.15, 0.2) is 46.9 Å². The molecule has 0 radical (unpaired) electrons. The Morgan fingerprint density at radius 1 is 1.29 bits per heavy atom. The van der Waals surface area contributed by atoms with Gasteiger partial charge in [0, 0.05) is 16.1 Å². The molecular formula is C18H15BrN2O2S. The van der Waals surface area contributed by atoms with Crippen molar-refractivity contribution in [2.45, 2.75) is 6.92 Å². The summed E-state index contributed by atoms with van der Waals surface area (Å²) in [6.45, 7) is 2.03. The van der Waals surface area contributed by atoms with Gasteiger partial charge in [0.2, 0.25) is 5.91 Å². The van der Waals surface area contributed by atoms with Crippen LogP contribution in [0, 0.1) is 6.92 Å². The molecule has 122 valence electrons. The number of amides is 1. The van der Waals surface area contributed by atoms with E-state index in [1.54, 1.807) is 13.2 Å². The Morgan fingerprint density at radius 2 is 2.12 bits per heavy atom. The molecule has 0 aliphatic heterocycles. The van der Waals surface area contributed by atoms with Crippen molar-refractivity contribution in [2.75, 3.05) is 12.4 Å². The van der Waals surface area contributed by atoms with Crippen molar-refractivity contribution in [3.63, 3.8) is 0 Å². The van der Waals surface area contributed by atoms with E-state index in [2.05, 4.69) is 32.3 Å². The number of nitrogens with zero attached hydrogens (tertiary/aromatic N) is 1. The first-order valence-corrected chi connectivity index (χ1v) is 8.86. The molecule has 2 aromatic carbocycles. The van der Waals surface area contributed by atoms with Gasteiger partial charge >= 0.3 is 0 Å². The average Bonchev–Trinajstić information content (AvgIpc) is 2.94. The SMILES string of the molecule is COc1ccc(Br)cc1/C=C/C(=O)Nc1nc2ccc(C)cc2s1. The van der Waals surface area contributed by atoms with Gasteiger partial charge in [-0.15, -0.1) is 0 Å². The molecule has 0 aliphatic carbocycles. The summed E-state index contributed by atoms with van der Waals surface area (Å²) in [5.41, 5.74) is 2.88. The fourth-order valence-electron chi connectivity index (χ4n) is 2.23. The van der Waals surface area contributed by atoms with Gasteiger partial charge in [0.15, 0.2) is 5.13 Å². The van der Waals surface area contributed by atoms with Gasteiger partial charge in [-0.2, -0.15) is 0 Å². The largest absolute Gasteiger partial charge is 0.496 e. The van der Waals surface area contributed by atoms with E-state index in [0.29, 0.717) is 10.9 Å². The molecular weight excluding hydrogens is 388 g/mol. The van der Waals surface area contributed by atoms with Crippen LogP contribution >= 0.6 is 27.3 Å². The second-order valence-electron chi connectivity index (χ2n) is 5.20. The zero-order chi connectivity index (χ0) is 17.1. The van der Waals surface area contributed by atoms with Gasteiger partial charge in [-0.3, -0.25) is 10.1 Å². The summed E-state index contributed by atoms with van der Waals surface area (Å²) < 4.78 is 7.27. The standard InChI is InChI=1S/C18H15BrN2O2S/c1-11-3-6-14-16(9-11)24-18(20-14)21-17(22)8-4-12-10-13(19)5-7-15(12)23-2/h3-10H,1-2H3,(H,20,21,22)/b8-4+. The number of nitrogens with one attached hydrogen (secondary N) is 1. The van der Waals surface area contributed by atoms with Crippen LogP contribution in [-0.4, -0.2) is 18.0 Å². The number of benzene rings is 2. The number of aromatic nitrogens is 1. The van der Waals surface area contributed by atoms with Crippen LogP contribution in [-0.2, 0) is 4.79 Å². The fourth-order valence-corrected chi connectivity index (χ4v) is 3.58. The van der Waals surface area contributed by atoms with Gasteiger partial charge in [0.25, 0.3) is 0 Å². The van der Waals surface area contributed by atoms with E-state index in [0.717, 1.165) is 20.3 Å². The van der Waals surface area contributed by atoms with E-state index in [4.69, 9.17) is 4.74 Å². The minimum Gasteiger partial charge on any atom is -0.496 e. The van der Waals surface area contributed by atoms with Gasteiger partial charge in [-0.25, -0.2) is 4.98 Å². The number of hydrogen-bond donors (Lipinski definition) is 1.